The molecular formula is C16H19ClN2O3. The van der Waals surface area contributed by atoms with Crippen LogP contribution < -0.4 is 9.47 Å². The molecule has 0 aliphatic carbocycles. The number of nitrogens with zero attached hydrogens (tertiary/aromatic N) is 2. The van der Waals surface area contributed by atoms with E-state index >= 15 is 0 Å². The second-order valence-electron chi connectivity index (χ2n) is 5.33. The lowest BCUT2D eigenvalue weighted by atomic mass is 10.2. The quantitative estimate of drug-likeness (QED) is 0.800. The second-order valence-corrected chi connectivity index (χ2v) is 5.74. The molecule has 0 atom stereocenters. The molecule has 5 nitrogen and oxygen atoms in total. The van der Waals surface area contributed by atoms with Crippen molar-refractivity contribution in [1.29, 1.82) is 0 Å². The molecule has 3 rings (SSSR count). The Morgan fingerprint density at radius 1 is 1.27 bits per heavy atom. The summed E-state index contributed by atoms with van der Waals surface area (Å²) in [5.41, 5.74) is 0.829. The molecule has 0 bridgehead atoms. The van der Waals surface area contributed by atoms with Crippen molar-refractivity contribution in [2.45, 2.75) is 6.92 Å². The summed E-state index contributed by atoms with van der Waals surface area (Å²) in [4.78, 5) is 16.4. The highest BCUT2D eigenvalue weighted by Crippen LogP contribution is 2.40. The van der Waals surface area contributed by atoms with Gasteiger partial charge in [0.05, 0.1) is 5.02 Å². The van der Waals surface area contributed by atoms with Gasteiger partial charge in [-0.25, -0.2) is 0 Å². The van der Waals surface area contributed by atoms with Crippen molar-refractivity contribution in [1.82, 2.24) is 9.80 Å². The van der Waals surface area contributed by atoms with Gasteiger partial charge in [-0.05, 0) is 30.3 Å². The Morgan fingerprint density at radius 3 is 2.77 bits per heavy atom. The SMILES string of the molecule is CCN1CCN(C(=O)C=Cc2cc(Cl)c3c(c2)OCO3)CC1. The lowest BCUT2D eigenvalue weighted by Crippen LogP contribution is -2.48. The van der Waals surface area contributed by atoms with Crippen LogP contribution in [0.4, 0.5) is 0 Å². The van der Waals surface area contributed by atoms with Gasteiger partial charge in [-0.1, -0.05) is 18.5 Å². The number of amides is 1. The Hall–Kier alpha value is -1.72. The van der Waals surface area contributed by atoms with E-state index in [1.165, 1.54) is 0 Å². The summed E-state index contributed by atoms with van der Waals surface area (Å²) in [5, 5.41) is 0.499. The van der Waals surface area contributed by atoms with Crippen LogP contribution in [-0.4, -0.2) is 55.2 Å². The molecule has 1 aromatic rings. The fraction of sp³-hybridized carbons (Fsp3) is 0.438. The van der Waals surface area contributed by atoms with Crippen LogP contribution in [0.15, 0.2) is 18.2 Å². The summed E-state index contributed by atoms with van der Waals surface area (Å²) in [6.07, 6.45) is 3.36. The summed E-state index contributed by atoms with van der Waals surface area (Å²) >= 11 is 6.13. The number of ether oxygens (including phenoxy) is 2. The van der Waals surface area contributed by atoms with Gasteiger partial charge in [-0.2, -0.15) is 0 Å². The third kappa shape index (κ3) is 3.20. The summed E-state index contributed by atoms with van der Waals surface area (Å²) in [6.45, 7) is 6.78. The van der Waals surface area contributed by atoms with Crippen LogP contribution in [0.1, 0.15) is 12.5 Å². The van der Waals surface area contributed by atoms with E-state index in [2.05, 4.69) is 11.8 Å². The maximum Gasteiger partial charge on any atom is 0.246 e. The number of fused-ring (bicyclic) bond motifs is 1. The van der Waals surface area contributed by atoms with Crippen molar-refractivity contribution in [2.75, 3.05) is 39.5 Å². The first-order valence-corrected chi connectivity index (χ1v) is 7.83. The van der Waals surface area contributed by atoms with E-state index < -0.39 is 0 Å². The molecule has 2 aliphatic heterocycles. The molecule has 22 heavy (non-hydrogen) atoms. The standard InChI is InChI=1S/C16H19ClN2O3/c1-2-18-5-7-19(8-6-18)15(20)4-3-12-9-13(17)16-14(10-12)21-11-22-16/h3-4,9-10H,2,5-8,11H2,1H3. The van der Waals surface area contributed by atoms with Crippen LogP contribution in [0.3, 0.4) is 0 Å². The van der Waals surface area contributed by atoms with E-state index in [4.69, 9.17) is 21.1 Å². The molecule has 2 heterocycles. The minimum absolute atomic E-state index is 0.0320. The van der Waals surface area contributed by atoms with Gasteiger partial charge in [0.25, 0.3) is 0 Å². The first kappa shape index (κ1) is 15.2. The normalized spacial score (nSPS) is 18.2. The molecule has 0 radical (unpaired) electrons. The predicted octanol–water partition coefficient (Wildman–Crippen LogP) is 2.25. The third-order valence-electron chi connectivity index (χ3n) is 4.00. The predicted molar refractivity (Wildman–Crippen MR) is 85.3 cm³/mol. The molecule has 0 saturated carbocycles. The average molecular weight is 323 g/mol. The lowest BCUT2D eigenvalue weighted by Gasteiger charge is -2.33. The van der Waals surface area contributed by atoms with E-state index in [1.807, 2.05) is 11.0 Å². The van der Waals surface area contributed by atoms with Crippen LogP contribution in [0.2, 0.25) is 5.02 Å². The first-order valence-electron chi connectivity index (χ1n) is 7.46. The monoisotopic (exact) mass is 322 g/mol. The summed E-state index contributed by atoms with van der Waals surface area (Å²) in [6, 6.07) is 3.60. The highest BCUT2D eigenvalue weighted by molar-refractivity contribution is 6.32. The lowest BCUT2D eigenvalue weighted by molar-refractivity contribution is -0.127. The van der Waals surface area contributed by atoms with Crippen LogP contribution >= 0.6 is 11.6 Å². The third-order valence-corrected chi connectivity index (χ3v) is 4.28. The molecule has 1 fully saturated rings. The molecule has 118 valence electrons. The molecule has 1 amide bonds. The van der Waals surface area contributed by atoms with Crippen LogP contribution in [-0.2, 0) is 4.79 Å². The van der Waals surface area contributed by atoms with Crippen molar-refractivity contribution in [3.63, 3.8) is 0 Å². The van der Waals surface area contributed by atoms with E-state index in [1.54, 1.807) is 18.2 Å². The number of benzene rings is 1. The molecule has 0 N–H and O–H groups in total. The van der Waals surface area contributed by atoms with Crippen molar-refractivity contribution in [3.05, 3.63) is 28.8 Å². The zero-order chi connectivity index (χ0) is 15.5. The second kappa shape index (κ2) is 6.58. The van der Waals surface area contributed by atoms with E-state index in [0.29, 0.717) is 16.5 Å². The number of carbonyl (C=O) groups excluding carboxylic acids is 1. The maximum atomic E-state index is 12.2. The number of piperazine rings is 1. The van der Waals surface area contributed by atoms with Gasteiger partial charge in [0, 0.05) is 32.3 Å². The minimum atomic E-state index is 0.0320. The van der Waals surface area contributed by atoms with Gasteiger partial charge in [-0.15, -0.1) is 0 Å². The fourth-order valence-electron chi connectivity index (χ4n) is 2.64. The molecule has 0 unspecified atom stereocenters. The number of halogens is 1. The van der Waals surface area contributed by atoms with Gasteiger partial charge >= 0.3 is 0 Å². The molecule has 1 aromatic carbocycles. The summed E-state index contributed by atoms with van der Waals surface area (Å²) < 4.78 is 10.6. The zero-order valence-corrected chi connectivity index (χ0v) is 13.3. The molecule has 0 aromatic heterocycles. The minimum Gasteiger partial charge on any atom is -0.454 e. The average Bonchev–Trinajstić information content (AvgIpc) is 3.02. The number of rotatable bonds is 3. The van der Waals surface area contributed by atoms with Crippen LogP contribution in [0.25, 0.3) is 6.08 Å². The number of likely N-dealkylation sites (N-methyl/N-ethyl adjacent to an activating group) is 1. The molecule has 6 heteroatoms. The Bertz CT molecular complexity index is 595. The van der Waals surface area contributed by atoms with E-state index in [-0.39, 0.29) is 12.7 Å². The highest BCUT2D eigenvalue weighted by atomic mass is 35.5. The van der Waals surface area contributed by atoms with Crippen molar-refractivity contribution in [2.24, 2.45) is 0 Å². The van der Waals surface area contributed by atoms with Gasteiger partial charge in [0.15, 0.2) is 11.5 Å². The summed E-state index contributed by atoms with van der Waals surface area (Å²) in [7, 11) is 0. The first-order chi connectivity index (χ1) is 10.7. The smallest absolute Gasteiger partial charge is 0.246 e. The fourth-order valence-corrected chi connectivity index (χ4v) is 2.91. The van der Waals surface area contributed by atoms with Crippen LogP contribution in [0, 0.1) is 0 Å². The summed E-state index contributed by atoms with van der Waals surface area (Å²) in [5.74, 6) is 1.22. The van der Waals surface area contributed by atoms with Gasteiger partial charge in [0.1, 0.15) is 0 Å². The molecule has 0 spiro atoms. The van der Waals surface area contributed by atoms with Crippen LogP contribution in [0.5, 0.6) is 11.5 Å². The molecule has 1 saturated heterocycles. The Balaban J connectivity index is 1.64. The Labute approximate surface area is 135 Å². The maximum absolute atomic E-state index is 12.2. The van der Waals surface area contributed by atoms with E-state index in [0.717, 1.165) is 38.3 Å². The van der Waals surface area contributed by atoms with Gasteiger partial charge in [0.2, 0.25) is 12.7 Å². The molecular weight excluding hydrogens is 304 g/mol. The Kier molecular flexibility index (Phi) is 4.55. The molecule has 2 aliphatic rings. The number of hydrogen-bond acceptors (Lipinski definition) is 4. The number of hydrogen-bond donors (Lipinski definition) is 0. The van der Waals surface area contributed by atoms with Crippen molar-refractivity contribution in [3.8, 4) is 11.5 Å². The zero-order valence-electron chi connectivity index (χ0n) is 12.5. The van der Waals surface area contributed by atoms with Gasteiger partial charge < -0.3 is 19.3 Å². The topological polar surface area (TPSA) is 42.0 Å². The van der Waals surface area contributed by atoms with Crippen molar-refractivity contribution < 1.29 is 14.3 Å². The number of carbonyl (C=O) groups is 1. The Morgan fingerprint density at radius 2 is 2.05 bits per heavy atom. The highest BCUT2D eigenvalue weighted by Gasteiger charge is 2.19. The largest absolute Gasteiger partial charge is 0.454 e. The van der Waals surface area contributed by atoms with E-state index in [9.17, 15) is 4.79 Å². The van der Waals surface area contributed by atoms with Crippen molar-refractivity contribution >= 4 is 23.6 Å². The van der Waals surface area contributed by atoms with Gasteiger partial charge in [-0.3, -0.25) is 4.79 Å².